The number of hydrogen-bond donors (Lipinski definition) is 1. The van der Waals surface area contributed by atoms with E-state index in [1.807, 2.05) is 0 Å². The van der Waals surface area contributed by atoms with Crippen molar-refractivity contribution < 1.29 is 4.74 Å². The molecule has 0 aromatic rings. The van der Waals surface area contributed by atoms with Crippen LogP contribution < -0.4 is 5.32 Å². The zero-order chi connectivity index (χ0) is 8.54. The second-order valence-electron chi connectivity index (χ2n) is 4.28. The van der Waals surface area contributed by atoms with Crippen LogP contribution >= 0.6 is 0 Å². The molecule has 1 N–H and O–H groups in total. The fourth-order valence-corrected chi connectivity index (χ4v) is 1.74. The van der Waals surface area contributed by atoms with Gasteiger partial charge >= 0.3 is 0 Å². The molecule has 1 unspecified atom stereocenters. The van der Waals surface area contributed by atoms with Crippen LogP contribution in [0.15, 0.2) is 0 Å². The van der Waals surface area contributed by atoms with Gasteiger partial charge in [-0.2, -0.15) is 0 Å². The topological polar surface area (TPSA) is 21.3 Å². The molecule has 1 saturated heterocycles. The highest BCUT2D eigenvalue weighted by molar-refractivity contribution is 4.91. The van der Waals surface area contributed by atoms with Gasteiger partial charge in [-0.05, 0) is 27.2 Å². The summed E-state index contributed by atoms with van der Waals surface area (Å²) in [7, 11) is 0. The molecule has 0 radical (unpaired) electrons. The largest absolute Gasteiger partial charge is 0.359 e. The molecule has 1 rings (SSSR count). The molecule has 2 heteroatoms. The third-order valence-electron chi connectivity index (χ3n) is 2.08. The summed E-state index contributed by atoms with van der Waals surface area (Å²) in [4.78, 5) is 0. The first-order valence-corrected chi connectivity index (χ1v) is 4.41. The van der Waals surface area contributed by atoms with E-state index in [2.05, 4.69) is 33.0 Å². The summed E-state index contributed by atoms with van der Waals surface area (Å²) in [5, 5.41) is 3.49. The van der Waals surface area contributed by atoms with Gasteiger partial charge in [0.05, 0.1) is 6.61 Å². The molecule has 1 atom stereocenters. The smallest absolute Gasteiger partial charge is 0.116 e. The Kier molecular flexibility index (Phi) is 2.26. The minimum absolute atomic E-state index is 0.0712. The number of rotatable bonds is 2. The Hall–Kier alpha value is -0.0800. The minimum atomic E-state index is -0.0712. The Morgan fingerprint density at radius 2 is 2.00 bits per heavy atom. The SMILES string of the molecule is CCCC1(C)NC(C)(C)CO1. The maximum Gasteiger partial charge on any atom is 0.116 e. The van der Waals surface area contributed by atoms with E-state index in [4.69, 9.17) is 4.74 Å². The molecule has 1 aliphatic heterocycles. The Morgan fingerprint density at radius 3 is 2.36 bits per heavy atom. The summed E-state index contributed by atoms with van der Waals surface area (Å²) in [6.07, 6.45) is 2.26. The molecule has 0 spiro atoms. The van der Waals surface area contributed by atoms with E-state index in [1.54, 1.807) is 0 Å². The first kappa shape index (κ1) is 9.01. The third-order valence-corrected chi connectivity index (χ3v) is 2.08. The molecule has 0 saturated carbocycles. The van der Waals surface area contributed by atoms with Gasteiger partial charge in [0, 0.05) is 5.54 Å². The molecule has 2 nitrogen and oxygen atoms in total. The molecule has 0 amide bonds. The van der Waals surface area contributed by atoms with E-state index in [9.17, 15) is 0 Å². The molecule has 1 fully saturated rings. The van der Waals surface area contributed by atoms with Crippen LogP contribution in [0, 0.1) is 0 Å². The monoisotopic (exact) mass is 157 g/mol. The zero-order valence-electron chi connectivity index (χ0n) is 8.03. The second kappa shape index (κ2) is 2.76. The molecule has 1 aliphatic rings. The number of nitrogens with one attached hydrogen (secondary N) is 1. The predicted molar refractivity (Wildman–Crippen MR) is 46.5 cm³/mol. The molecular weight excluding hydrogens is 138 g/mol. The van der Waals surface area contributed by atoms with Gasteiger partial charge in [0.15, 0.2) is 0 Å². The van der Waals surface area contributed by atoms with E-state index >= 15 is 0 Å². The zero-order valence-corrected chi connectivity index (χ0v) is 8.03. The Labute approximate surface area is 69.3 Å². The molecule has 66 valence electrons. The molecule has 1 heterocycles. The van der Waals surface area contributed by atoms with E-state index in [0.29, 0.717) is 0 Å². The fraction of sp³-hybridized carbons (Fsp3) is 1.00. The van der Waals surface area contributed by atoms with Crippen molar-refractivity contribution >= 4 is 0 Å². The van der Waals surface area contributed by atoms with E-state index in [0.717, 1.165) is 13.0 Å². The lowest BCUT2D eigenvalue weighted by molar-refractivity contribution is -0.00126. The van der Waals surface area contributed by atoms with Gasteiger partial charge in [-0.1, -0.05) is 13.3 Å². The van der Waals surface area contributed by atoms with Crippen molar-refractivity contribution in [1.82, 2.24) is 5.32 Å². The van der Waals surface area contributed by atoms with E-state index < -0.39 is 0 Å². The average Bonchev–Trinajstić information content (AvgIpc) is 2.07. The molecule has 0 aromatic carbocycles. The quantitative estimate of drug-likeness (QED) is 0.661. The van der Waals surface area contributed by atoms with Gasteiger partial charge in [0.25, 0.3) is 0 Å². The van der Waals surface area contributed by atoms with Gasteiger partial charge in [0.2, 0.25) is 0 Å². The van der Waals surface area contributed by atoms with Gasteiger partial charge in [-0.25, -0.2) is 0 Å². The second-order valence-corrected chi connectivity index (χ2v) is 4.28. The lowest BCUT2D eigenvalue weighted by Gasteiger charge is -2.25. The number of hydrogen-bond acceptors (Lipinski definition) is 2. The molecule has 11 heavy (non-hydrogen) atoms. The van der Waals surface area contributed by atoms with E-state index in [-0.39, 0.29) is 11.3 Å². The Bertz CT molecular complexity index is 144. The van der Waals surface area contributed by atoms with Crippen molar-refractivity contribution in [3.05, 3.63) is 0 Å². The van der Waals surface area contributed by atoms with Crippen molar-refractivity contribution in [2.75, 3.05) is 6.61 Å². The van der Waals surface area contributed by atoms with Crippen LogP contribution in [-0.4, -0.2) is 17.9 Å². The van der Waals surface area contributed by atoms with Crippen molar-refractivity contribution in [1.29, 1.82) is 0 Å². The van der Waals surface area contributed by atoms with Gasteiger partial charge in [0.1, 0.15) is 5.72 Å². The van der Waals surface area contributed by atoms with Crippen LogP contribution in [0.3, 0.4) is 0 Å². The fourth-order valence-electron chi connectivity index (χ4n) is 1.74. The van der Waals surface area contributed by atoms with Crippen LogP contribution in [0.5, 0.6) is 0 Å². The minimum Gasteiger partial charge on any atom is -0.359 e. The highest BCUT2D eigenvalue weighted by atomic mass is 16.5. The van der Waals surface area contributed by atoms with Crippen molar-refractivity contribution in [3.63, 3.8) is 0 Å². The normalized spacial score (nSPS) is 36.0. The first-order valence-electron chi connectivity index (χ1n) is 4.41. The summed E-state index contributed by atoms with van der Waals surface area (Å²) >= 11 is 0. The molecule has 0 aliphatic carbocycles. The Balaban J connectivity index is 2.51. The van der Waals surface area contributed by atoms with Crippen LogP contribution in [0.2, 0.25) is 0 Å². The lowest BCUT2D eigenvalue weighted by Crippen LogP contribution is -2.46. The number of ether oxygens (including phenoxy) is 1. The van der Waals surface area contributed by atoms with Crippen molar-refractivity contribution in [2.45, 2.75) is 51.8 Å². The maximum atomic E-state index is 5.68. The van der Waals surface area contributed by atoms with Gasteiger partial charge in [-0.15, -0.1) is 0 Å². The summed E-state index contributed by atoms with van der Waals surface area (Å²) in [6.45, 7) is 9.48. The summed E-state index contributed by atoms with van der Waals surface area (Å²) in [5.74, 6) is 0. The Morgan fingerprint density at radius 1 is 1.36 bits per heavy atom. The van der Waals surface area contributed by atoms with E-state index in [1.165, 1.54) is 6.42 Å². The van der Waals surface area contributed by atoms with Gasteiger partial charge < -0.3 is 4.74 Å². The summed E-state index contributed by atoms with van der Waals surface area (Å²) in [6, 6.07) is 0. The van der Waals surface area contributed by atoms with Crippen LogP contribution in [-0.2, 0) is 4.74 Å². The van der Waals surface area contributed by atoms with Crippen LogP contribution in [0.4, 0.5) is 0 Å². The van der Waals surface area contributed by atoms with Crippen LogP contribution in [0.1, 0.15) is 40.5 Å². The molecule has 0 bridgehead atoms. The van der Waals surface area contributed by atoms with Gasteiger partial charge in [-0.3, -0.25) is 5.32 Å². The lowest BCUT2D eigenvalue weighted by atomic mass is 10.1. The van der Waals surface area contributed by atoms with Crippen molar-refractivity contribution in [2.24, 2.45) is 0 Å². The maximum absolute atomic E-state index is 5.68. The average molecular weight is 157 g/mol. The first-order chi connectivity index (χ1) is 4.97. The highest BCUT2D eigenvalue weighted by Gasteiger charge is 2.38. The predicted octanol–water partition coefficient (Wildman–Crippen LogP) is 1.90. The standard InChI is InChI=1S/C9H19NO/c1-5-6-9(4)10-8(2,3)7-11-9/h10H,5-7H2,1-4H3. The summed E-state index contributed by atoms with van der Waals surface area (Å²) < 4.78 is 5.68. The highest BCUT2D eigenvalue weighted by Crippen LogP contribution is 2.26. The van der Waals surface area contributed by atoms with Crippen LogP contribution in [0.25, 0.3) is 0 Å². The third kappa shape index (κ3) is 2.17. The summed E-state index contributed by atoms with van der Waals surface area (Å²) in [5.41, 5.74) is 0.0855. The van der Waals surface area contributed by atoms with Crippen molar-refractivity contribution in [3.8, 4) is 0 Å². The molecular formula is C9H19NO. The molecule has 0 aromatic heterocycles.